The van der Waals surface area contributed by atoms with Crippen LogP contribution >= 0.6 is 23.5 Å². The number of nitrogens with zero attached hydrogens (tertiary/aromatic N) is 6. The summed E-state index contributed by atoms with van der Waals surface area (Å²) < 4.78 is 0. The summed E-state index contributed by atoms with van der Waals surface area (Å²) in [7, 11) is 0. The highest BCUT2D eigenvalue weighted by molar-refractivity contribution is 8.01. The predicted octanol–water partition coefficient (Wildman–Crippen LogP) is 3.52. The van der Waals surface area contributed by atoms with Crippen molar-refractivity contribution in [2.45, 2.75) is 26.7 Å². The van der Waals surface area contributed by atoms with E-state index in [9.17, 15) is 0 Å². The first kappa shape index (κ1) is 13.0. The van der Waals surface area contributed by atoms with Gasteiger partial charge in [-0.1, -0.05) is 29.6 Å². The molecular weight excluding hydrogens is 352 g/mol. The van der Waals surface area contributed by atoms with Crippen LogP contribution in [-0.2, 0) is 0 Å². The monoisotopic (exact) mass is 362 g/mol. The van der Waals surface area contributed by atoms with E-state index in [1.807, 2.05) is 23.5 Å². The molecular formula is C17H10N6S2. The highest BCUT2D eigenvalue weighted by Gasteiger charge is 2.58. The van der Waals surface area contributed by atoms with E-state index in [0.717, 1.165) is 21.7 Å². The zero-order chi connectivity index (χ0) is 16.1. The van der Waals surface area contributed by atoms with Crippen molar-refractivity contribution >= 4 is 46.5 Å². The summed E-state index contributed by atoms with van der Waals surface area (Å²) in [4.78, 5) is 23.0. The third kappa shape index (κ3) is 1.39. The number of anilines is 4. The van der Waals surface area contributed by atoms with Gasteiger partial charge in [0.15, 0.2) is 11.6 Å². The Balaban J connectivity index is 1.48. The lowest BCUT2D eigenvalue weighted by atomic mass is 10.0. The van der Waals surface area contributed by atoms with Crippen LogP contribution in [0.2, 0.25) is 0 Å². The largest absolute Gasteiger partial charge is 0.310 e. The average molecular weight is 362 g/mol. The Hall–Kier alpha value is -2.32. The van der Waals surface area contributed by atoms with Crippen LogP contribution in [0, 0.1) is 0 Å². The van der Waals surface area contributed by atoms with E-state index in [-0.39, 0.29) is 0 Å². The molecule has 6 heterocycles. The van der Waals surface area contributed by atoms with Gasteiger partial charge in [-0.2, -0.15) is 0 Å². The van der Waals surface area contributed by atoms with Crippen LogP contribution in [0.25, 0.3) is 0 Å². The SMILES string of the molecule is c1cc2c3c(c1)N1c4nccnc4SC1C3C1Sc3nccnc3N21. The Labute approximate surface area is 151 Å². The quantitative estimate of drug-likeness (QED) is 0.602. The summed E-state index contributed by atoms with van der Waals surface area (Å²) in [6, 6.07) is 6.55. The van der Waals surface area contributed by atoms with E-state index in [1.54, 1.807) is 24.8 Å². The van der Waals surface area contributed by atoms with Crippen molar-refractivity contribution in [1.29, 1.82) is 0 Å². The molecule has 1 aromatic carbocycles. The molecule has 0 aliphatic carbocycles. The number of fused-ring (bicyclic) bond motifs is 10. The van der Waals surface area contributed by atoms with Gasteiger partial charge in [-0.3, -0.25) is 0 Å². The van der Waals surface area contributed by atoms with Crippen LogP contribution in [0.4, 0.5) is 23.0 Å². The van der Waals surface area contributed by atoms with Crippen molar-refractivity contribution in [3.63, 3.8) is 0 Å². The Morgan fingerprint density at radius 3 is 1.80 bits per heavy atom. The van der Waals surface area contributed by atoms with Gasteiger partial charge in [0.05, 0.1) is 10.7 Å². The second-order valence-electron chi connectivity index (χ2n) is 6.36. The van der Waals surface area contributed by atoms with Gasteiger partial charge in [-0.25, -0.2) is 19.9 Å². The minimum absolute atomic E-state index is 0.297. The van der Waals surface area contributed by atoms with E-state index in [0.29, 0.717) is 16.7 Å². The zero-order valence-corrected chi connectivity index (χ0v) is 14.4. The van der Waals surface area contributed by atoms with Crippen LogP contribution in [0.1, 0.15) is 11.5 Å². The predicted molar refractivity (Wildman–Crippen MR) is 96.8 cm³/mol. The van der Waals surface area contributed by atoms with E-state index in [4.69, 9.17) is 0 Å². The van der Waals surface area contributed by atoms with Gasteiger partial charge >= 0.3 is 0 Å². The number of benzene rings is 1. The van der Waals surface area contributed by atoms with E-state index in [2.05, 4.69) is 47.9 Å². The molecule has 7 rings (SSSR count). The fourth-order valence-corrected chi connectivity index (χ4v) is 7.22. The van der Waals surface area contributed by atoms with Gasteiger partial charge in [0, 0.05) is 47.6 Å². The summed E-state index contributed by atoms with van der Waals surface area (Å²) in [6.07, 6.45) is 7.12. The summed E-state index contributed by atoms with van der Waals surface area (Å²) in [5.41, 5.74) is 3.95. The first-order valence-electron chi connectivity index (χ1n) is 8.08. The third-order valence-corrected chi connectivity index (χ3v) is 7.76. The maximum Gasteiger partial charge on any atom is 0.166 e. The first-order valence-corrected chi connectivity index (χ1v) is 9.84. The molecule has 2 atom stereocenters. The van der Waals surface area contributed by atoms with Crippen LogP contribution in [0.5, 0.6) is 0 Å². The standard InChI is InChI=1S/C17H10N6S2/c1-2-8-10-9(3-1)23-13-15(21-7-5-19-13)25-17(23)11(10)16-22(8)12-14(24-16)20-6-4-18-12/h1-7,11,16-17H. The van der Waals surface area contributed by atoms with Gasteiger partial charge in [0.2, 0.25) is 0 Å². The van der Waals surface area contributed by atoms with Gasteiger partial charge in [0.1, 0.15) is 10.1 Å². The maximum atomic E-state index is 4.61. The lowest BCUT2D eigenvalue weighted by Gasteiger charge is -2.27. The van der Waals surface area contributed by atoms with Crippen LogP contribution < -0.4 is 9.80 Å². The molecule has 8 heteroatoms. The van der Waals surface area contributed by atoms with Crippen molar-refractivity contribution in [3.8, 4) is 0 Å². The first-order chi connectivity index (χ1) is 12.4. The van der Waals surface area contributed by atoms with Gasteiger partial charge < -0.3 is 9.80 Å². The maximum absolute atomic E-state index is 4.61. The molecule has 2 aromatic heterocycles. The molecule has 0 amide bonds. The second-order valence-corrected chi connectivity index (χ2v) is 8.57. The Kier molecular flexibility index (Phi) is 2.21. The van der Waals surface area contributed by atoms with E-state index < -0.39 is 0 Å². The number of aromatic nitrogens is 4. The van der Waals surface area contributed by atoms with Gasteiger partial charge in [-0.15, -0.1) is 0 Å². The number of thioether (sulfide) groups is 2. The minimum atomic E-state index is 0.297. The Morgan fingerprint density at radius 1 is 0.720 bits per heavy atom. The average Bonchev–Trinajstić information content (AvgIpc) is 3.35. The molecule has 2 unspecified atom stereocenters. The Bertz CT molecular complexity index is 993. The molecule has 0 fully saturated rings. The molecule has 0 saturated heterocycles. The Morgan fingerprint density at radius 2 is 1.24 bits per heavy atom. The highest BCUT2D eigenvalue weighted by atomic mass is 32.2. The summed E-state index contributed by atoms with van der Waals surface area (Å²) in [5.74, 6) is 2.36. The topological polar surface area (TPSA) is 58.0 Å². The number of hydrogen-bond acceptors (Lipinski definition) is 8. The third-order valence-electron chi connectivity index (χ3n) is 5.25. The summed E-state index contributed by atoms with van der Waals surface area (Å²) in [5, 5.41) is 2.65. The molecule has 0 N–H and O–H groups in total. The molecule has 6 nitrogen and oxygen atoms in total. The number of hydrogen-bond donors (Lipinski definition) is 0. The molecule has 120 valence electrons. The zero-order valence-electron chi connectivity index (χ0n) is 12.8. The second kappa shape index (κ2) is 4.25. The molecule has 0 saturated carbocycles. The molecule has 3 aromatic rings. The molecule has 0 spiro atoms. The smallest absolute Gasteiger partial charge is 0.166 e. The van der Waals surface area contributed by atoms with Crippen LogP contribution in [-0.4, -0.2) is 30.7 Å². The molecule has 4 aliphatic rings. The minimum Gasteiger partial charge on any atom is -0.310 e. The van der Waals surface area contributed by atoms with E-state index >= 15 is 0 Å². The molecule has 4 aliphatic heterocycles. The molecule has 0 radical (unpaired) electrons. The molecule has 25 heavy (non-hydrogen) atoms. The van der Waals surface area contributed by atoms with Crippen molar-refractivity contribution < 1.29 is 0 Å². The van der Waals surface area contributed by atoms with Gasteiger partial charge in [0.25, 0.3) is 0 Å². The number of rotatable bonds is 0. The molecule has 0 bridgehead atoms. The van der Waals surface area contributed by atoms with Crippen molar-refractivity contribution in [3.05, 3.63) is 48.5 Å². The van der Waals surface area contributed by atoms with Crippen molar-refractivity contribution in [1.82, 2.24) is 19.9 Å². The van der Waals surface area contributed by atoms with Crippen LogP contribution in [0.3, 0.4) is 0 Å². The van der Waals surface area contributed by atoms with Crippen LogP contribution in [0.15, 0.2) is 53.0 Å². The van der Waals surface area contributed by atoms with Gasteiger partial charge in [-0.05, 0) is 12.1 Å². The van der Waals surface area contributed by atoms with Crippen molar-refractivity contribution in [2.75, 3.05) is 9.80 Å². The fourth-order valence-electron chi connectivity index (χ4n) is 4.41. The summed E-state index contributed by atoms with van der Waals surface area (Å²) in [6.45, 7) is 0. The lowest BCUT2D eigenvalue weighted by Crippen LogP contribution is -2.32. The van der Waals surface area contributed by atoms with Crippen molar-refractivity contribution in [2.24, 2.45) is 0 Å². The normalized spacial score (nSPS) is 26.3. The highest BCUT2D eigenvalue weighted by Crippen LogP contribution is 2.67. The van der Waals surface area contributed by atoms with E-state index in [1.165, 1.54) is 16.9 Å². The fraction of sp³-hybridized carbons (Fsp3) is 0.176. The summed E-state index contributed by atoms with van der Waals surface area (Å²) >= 11 is 3.66. The lowest BCUT2D eigenvalue weighted by molar-refractivity contribution is 0.696.